The minimum Gasteiger partial charge on any atom is -0.309 e. The molecular weight excluding hydrogens is 228 g/mol. The van der Waals surface area contributed by atoms with Crippen molar-refractivity contribution in [1.82, 2.24) is 9.97 Å². The van der Waals surface area contributed by atoms with Crippen molar-refractivity contribution in [3.05, 3.63) is 28.4 Å². The van der Waals surface area contributed by atoms with Crippen molar-refractivity contribution in [1.29, 1.82) is 0 Å². The molecule has 0 saturated heterocycles. The summed E-state index contributed by atoms with van der Waals surface area (Å²) in [5, 5.41) is 0. The average molecular weight is 250 g/mol. The Balaban J connectivity index is 2.83. The van der Waals surface area contributed by atoms with E-state index in [1.807, 2.05) is 19.9 Å². The van der Waals surface area contributed by atoms with Crippen LogP contribution in [0.15, 0.2) is 17.1 Å². The van der Waals surface area contributed by atoms with Gasteiger partial charge in [0.25, 0.3) is 0 Å². The number of ketones is 1. The van der Waals surface area contributed by atoms with Crippen LogP contribution in [0.2, 0.25) is 0 Å². The number of hydrogen-bond acceptors (Lipinski definition) is 3. The topological polar surface area (TPSA) is 62.8 Å². The first kappa shape index (κ1) is 14.6. The van der Waals surface area contributed by atoms with E-state index in [4.69, 9.17) is 0 Å². The number of hydrogen-bond donors (Lipinski definition) is 1. The van der Waals surface area contributed by atoms with Gasteiger partial charge in [0.2, 0.25) is 0 Å². The van der Waals surface area contributed by atoms with Gasteiger partial charge in [0.1, 0.15) is 5.78 Å². The number of carbonyl (C=O) groups excluding carboxylic acids is 1. The zero-order valence-electron chi connectivity index (χ0n) is 11.8. The molecule has 0 fully saturated rings. The molecule has 18 heavy (non-hydrogen) atoms. The number of Topliss-reactive ketones (excluding diaryl/α,β-unsaturated/α-hetero) is 1. The molecule has 0 aliphatic rings. The van der Waals surface area contributed by atoms with E-state index in [2.05, 4.69) is 23.8 Å². The number of nitrogens with zero attached hydrogens (tertiary/aromatic N) is 1. The second kappa shape index (κ2) is 5.04. The molecule has 1 heterocycles. The molecular formula is C14H22N2O2. The fraction of sp³-hybridized carbons (Fsp3) is 0.643. The molecule has 0 amide bonds. The number of carbonyl (C=O) groups is 1. The molecule has 1 aromatic rings. The van der Waals surface area contributed by atoms with Crippen LogP contribution in [-0.4, -0.2) is 15.8 Å². The molecule has 1 N–H and O–H groups in total. The fourth-order valence-electron chi connectivity index (χ4n) is 1.70. The molecule has 0 aromatic carbocycles. The maximum Gasteiger partial charge on any atom is 0.345 e. The lowest BCUT2D eigenvalue weighted by Gasteiger charge is -2.29. The summed E-state index contributed by atoms with van der Waals surface area (Å²) in [7, 11) is 0. The summed E-state index contributed by atoms with van der Waals surface area (Å²) in [4.78, 5) is 29.1. The maximum absolute atomic E-state index is 11.5. The molecule has 0 aliphatic heterocycles. The van der Waals surface area contributed by atoms with Crippen LogP contribution in [0.1, 0.15) is 53.2 Å². The van der Waals surface area contributed by atoms with Gasteiger partial charge >= 0.3 is 5.69 Å². The van der Waals surface area contributed by atoms with Crippen LogP contribution in [0.5, 0.6) is 0 Å². The van der Waals surface area contributed by atoms with Crippen LogP contribution >= 0.6 is 0 Å². The highest BCUT2D eigenvalue weighted by atomic mass is 16.1. The SMILES string of the molecule is CC(=O)C(C)(C)CCC(C)(C)c1ccnc(=O)[nH]1. The quantitative estimate of drug-likeness (QED) is 0.873. The van der Waals surface area contributed by atoms with Crippen LogP contribution in [0.25, 0.3) is 0 Å². The molecule has 0 saturated carbocycles. The van der Waals surface area contributed by atoms with Crippen molar-refractivity contribution in [3.8, 4) is 0 Å². The van der Waals surface area contributed by atoms with Gasteiger partial charge < -0.3 is 4.98 Å². The van der Waals surface area contributed by atoms with E-state index in [1.54, 1.807) is 6.92 Å². The van der Waals surface area contributed by atoms with Crippen LogP contribution < -0.4 is 5.69 Å². The number of nitrogens with one attached hydrogen (secondary N) is 1. The molecule has 0 radical (unpaired) electrons. The van der Waals surface area contributed by atoms with E-state index in [1.165, 1.54) is 6.20 Å². The summed E-state index contributed by atoms with van der Waals surface area (Å²) in [6, 6.07) is 1.82. The first-order valence-electron chi connectivity index (χ1n) is 6.22. The summed E-state index contributed by atoms with van der Waals surface area (Å²) in [5.41, 5.74) is 0.0487. The zero-order chi connectivity index (χ0) is 14.0. The summed E-state index contributed by atoms with van der Waals surface area (Å²) >= 11 is 0. The predicted molar refractivity (Wildman–Crippen MR) is 71.6 cm³/mol. The Morgan fingerprint density at radius 3 is 2.39 bits per heavy atom. The summed E-state index contributed by atoms with van der Waals surface area (Å²) in [6.07, 6.45) is 3.14. The van der Waals surface area contributed by atoms with E-state index >= 15 is 0 Å². The van der Waals surface area contributed by atoms with Gasteiger partial charge in [0, 0.05) is 22.7 Å². The van der Waals surface area contributed by atoms with E-state index in [-0.39, 0.29) is 22.3 Å². The lowest BCUT2D eigenvalue weighted by molar-refractivity contribution is -0.125. The molecule has 0 unspecified atom stereocenters. The Morgan fingerprint density at radius 1 is 1.28 bits per heavy atom. The van der Waals surface area contributed by atoms with Crippen molar-refractivity contribution >= 4 is 5.78 Å². The van der Waals surface area contributed by atoms with E-state index in [9.17, 15) is 9.59 Å². The number of H-pyrrole nitrogens is 1. The van der Waals surface area contributed by atoms with Gasteiger partial charge in [-0.1, -0.05) is 27.7 Å². The lowest BCUT2D eigenvalue weighted by atomic mass is 9.76. The second-order valence-corrected chi connectivity index (χ2v) is 6.11. The standard InChI is InChI=1S/C14H22N2O2/c1-10(17)13(2,3)7-8-14(4,5)11-6-9-15-12(18)16-11/h6,9H,7-8H2,1-5H3,(H,15,16,18). The van der Waals surface area contributed by atoms with Crippen molar-refractivity contribution in [2.24, 2.45) is 5.41 Å². The first-order valence-corrected chi connectivity index (χ1v) is 6.22. The highest BCUT2D eigenvalue weighted by Gasteiger charge is 2.29. The zero-order valence-corrected chi connectivity index (χ0v) is 11.8. The molecule has 0 atom stereocenters. The van der Waals surface area contributed by atoms with E-state index in [0.717, 1.165) is 18.5 Å². The monoisotopic (exact) mass is 250 g/mol. The molecule has 1 aromatic heterocycles. The largest absolute Gasteiger partial charge is 0.345 e. The van der Waals surface area contributed by atoms with Gasteiger partial charge in [-0.2, -0.15) is 0 Å². The van der Waals surface area contributed by atoms with Crippen LogP contribution in [0.3, 0.4) is 0 Å². The fourth-order valence-corrected chi connectivity index (χ4v) is 1.70. The van der Waals surface area contributed by atoms with E-state index in [0.29, 0.717) is 0 Å². The Kier molecular flexibility index (Phi) is 4.09. The Labute approximate surface area is 108 Å². The molecule has 100 valence electrons. The van der Waals surface area contributed by atoms with E-state index < -0.39 is 0 Å². The minimum absolute atomic E-state index is 0.172. The number of aromatic amines is 1. The third kappa shape index (κ3) is 3.52. The highest BCUT2D eigenvalue weighted by Crippen LogP contribution is 2.32. The average Bonchev–Trinajstić information content (AvgIpc) is 2.26. The Bertz CT molecular complexity index is 487. The third-order valence-electron chi connectivity index (χ3n) is 3.73. The van der Waals surface area contributed by atoms with Crippen LogP contribution in [0, 0.1) is 5.41 Å². The van der Waals surface area contributed by atoms with Crippen molar-refractivity contribution in [2.45, 2.75) is 52.9 Å². The first-order chi connectivity index (χ1) is 8.15. The number of rotatable bonds is 5. The third-order valence-corrected chi connectivity index (χ3v) is 3.73. The molecule has 4 nitrogen and oxygen atoms in total. The van der Waals surface area contributed by atoms with Gasteiger partial charge in [-0.15, -0.1) is 0 Å². The van der Waals surface area contributed by atoms with Gasteiger partial charge in [0.15, 0.2) is 0 Å². The highest BCUT2D eigenvalue weighted by molar-refractivity contribution is 5.81. The number of aromatic nitrogens is 2. The van der Waals surface area contributed by atoms with Gasteiger partial charge in [-0.05, 0) is 25.8 Å². The summed E-state index contributed by atoms with van der Waals surface area (Å²) in [6.45, 7) is 9.67. The molecule has 4 heteroatoms. The summed E-state index contributed by atoms with van der Waals surface area (Å²) < 4.78 is 0. The molecule has 0 bridgehead atoms. The van der Waals surface area contributed by atoms with Gasteiger partial charge in [-0.25, -0.2) is 9.78 Å². The lowest BCUT2D eigenvalue weighted by Crippen LogP contribution is -2.28. The Morgan fingerprint density at radius 2 is 1.89 bits per heavy atom. The normalized spacial score (nSPS) is 12.5. The minimum atomic E-state index is -0.327. The molecule has 0 spiro atoms. The van der Waals surface area contributed by atoms with Crippen LogP contribution in [-0.2, 0) is 10.2 Å². The van der Waals surface area contributed by atoms with Crippen molar-refractivity contribution < 1.29 is 4.79 Å². The second-order valence-electron chi connectivity index (χ2n) is 6.11. The molecule has 0 aliphatic carbocycles. The van der Waals surface area contributed by atoms with Crippen molar-refractivity contribution in [2.75, 3.05) is 0 Å². The smallest absolute Gasteiger partial charge is 0.309 e. The van der Waals surface area contributed by atoms with Crippen molar-refractivity contribution in [3.63, 3.8) is 0 Å². The predicted octanol–water partition coefficient (Wildman–Crippen LogP) is 2.44. The van der Waals surface area contributed by atoms with Gasteiger partial charge in [-0.3, -0.25) is 4.79 Å². The summed E-state index contributed by atoms with van der Waals surface area (Å²) in [5.74, 6) is 0.196. The molecule has 1 rings (SSSR count). The Hall–Kier alpha value is -1.45. The van der Waals surface area contributed by atoms with Gasteiger partial charge in [0.05, 0.1) is 0 Å². The maximum atomic E-state index is 11.5. The van der Waals surface area contributed by atoms with Crippen LogP contribution in [0.4, 0.5) is 0 Å².